The Morgan fingerprint density at radius 2 is 1.80 bits per heavy atom. The quantitative estimate of drug-likeness (QED) is 0.651. The monoisotopic (exact) mass is 166 g/mol. The van der Waals surface area contributed by atoms with Crippen LogP contribution in [-0.4, -0.2) is 30.6 Å². The molecule has 10 heavy (non-hydrogen) atoms. The molecule has 0 rings (SSSR count). The van der Waals surface area contributed by atoms with E-state index in [1.807, 2.05) is 0 Å². The van der Waals surface area contributed by atoms with Gasteiger partial charge in [0.15, 0.2) is 9.84 Å². The molecule has 0 heterocycles. The highest BCUT2D eigenvalue weighted by atomic mass is 32.2. The highest BCUT2D eigenvalue weighted by Gasteiger charge is 2.22. The van der Waals surface area contributed by atoms with Crippen molar-refractivity contribution in [1.82, 2.24) is 0 Å². The highest BCUT2D eigenvalue weighted by molar-refractivity contribution is 7.92. The fraction of sp³-hybridized carbons (Fsp3) is 1.00. The highest BCUT2D eigenvalue weighted by Crippen LogP contribution is 2.05. The minimum absolute atomic E-state index is 0.0963. The lowest BCUT2D eigenvalue weighted by molar-refractivity contribution is 0.193. The lowest BCUT2D eigenvalue weighted by Crippen LogP contribution is -2.30. The summed E-state index contributed by atoms with van der Waals surface area (Å²) in [6.45, 7) is 4.58. The number of aliphatic hydroxyl groups is 1. The second-order valence-electron chi connectivity index (χ2n) is 2.40. The minimum Gasteiger partial charge on any atom is -0.392 e. The van der Waals surface area contributed by atoms with Crippen LogP contribution in [0, 0.1) is 0 Å². The summed E-state index contributed by atoms with van der Waals surface area (Å²) in [7, 11) is -3.05. The maximum absolute atomic E-state index is 11.0. The molecule has 0 aromatic heterocycles. The molecule has 3 nitrogen and oxygen atoms in total. The van der Waals surface area contributed by atoms with Gasteiger partial charge in [-0.1, -0.05) is 6.92 Å². The molecule has 1 N–H and O–H groups in total. The van der Waals surface area contributed by atoms with Crippen molar-refractivity contribution in [3.63, 3.8) is 0 Å². The SMILES string of the molecule is CCS(=O)(=O)[C@H](C)[C@H](C)O. The van der Waals surface area contributed by atoms with Crippen molar-refractivity contribution in [2.45, 2.75) is 32.1 Å². The first kappa shape index (κ1) is 9.91. The summed E-state index contributed by atoms with van der Waals surface area (Å²) in [5, 5.41) is 8.27. The van der Waals surface area contributed by atoms with Gasteiger partial charge in [-0.2, -0.15) is 0 Å². The number of hydrogen-bond acceptors (Lipinski definition) is 3. The van der Waals surface area contributed by atoms with E-state index in [4.69, 9.17) is 5.11 Å². The van der Waals surface area contributed by atoms with E-state index < -0.39 is 21.2 Å². The van der Waals surface area contributed by atoms with Crippen LogP contribution in [0.2, 0.25) is 0 Å². The minimum atomic E-state index is -3.05. The Labute approximate surface area is 62.0 Å². The number of hydrogen-bond donors (Lipinski definition) is 1. The lowest BCUT2D eigenvalue weighted by atomic mass is 10.3. The zero-order chi connectivity index (χ0) is 8.36. The third-order valence-corrected chi connectivity index (χ3v) is 3.98. The predicted molar refractivity (Wildman–Crippen MR) is 40.6 cm³/mol. The first-order chi connectivity index (χ1) is 4.41. The van der Waals surface area contributed by atoms with Crippen molar-refractivity contribution in [3.8, 4) is 0 Å². The van der Waals surface area contributed by atoms with Crippen LogP contribution in [0.15, 0.2) is 0 Å². The summed E-state index contributed by atoms with van der Waals surface area (Å²) in [6.07, 6.45) is -0.773. The molecule has 0 radical (unpaired) electrons. The molecule has 0 fully saturated rings. The second-order valence-corrected chi connectivity index (χ2v) is 5.04. The van der Waals surface area contributed by atoms with Crippen molar-refractivity contribution >= 4 is 9.84 Å². The van der Waals surface area contributed by atoms with Crippen LogP contribution >= 0.6 is 0 Å². The maximum atomic E-state index is 11.0. The fourth-order valence-corrected chi connectivity index (χ4v) is 1.69. The van der Waals surface area contributed by atoms with Gasteiger partial charge >= 0.3 is 0 Å². The van der Waals surface area contributed by atoms with E-state index >= 15 is 0 Å². The van der Waals surface area contributed by atoms with Crippen LogP contribution in [0.1, 0.15) is 20.8 Å². The van der Waals surface area contributed by atoms with E-state index in [0.29, 0.717) is 0 Å². The Bertz CT molecular complexity index is 181. The zero-order valence-corrected chi connectivity index (χ0v) is 7.35. The predicted octanol–water partition coefficient (Wildman–Crippen LogP) is 0.190. The third kappa shape index (κ3) is 2.27. The van der Waals surface area contributed by atoms with Gasteiger partial charge in [0.25, 0.3) is 0 Å². The van der Waals surface area contributed by atoms with Gasteiger partial charge in [0.05, 0.1) is 11.4 Å². The van der Waals surface area contributed by atoms with Crippen LogP contribution in [0.4, 0.5) is 0 Å². The number of sulfone groups is 1. The molecular formula is C6H14O3S. The zero-order valence-electron chi connectivity index (χ0n) is 6.53. The Hall–Kier alpha value is -0.0900. The molecule has 0 unspecified atom stereocenters. The van der Waals surface area contributed by atoms with Crippen LogP contribution in [0.3, 0.4) is 0 Å². The molecule has 0 bridgehead atoms. The van der Waals surface area contributed by atoms with Crippen LogP contribution in [0.25, 0.3) is 0 Å². The molecule has 4 heteroatoms. The largest absolute Gasteiger partial charge is 0.392 e. The van der Waals surface area contributed by atoms with Crippen molar-refractivity contribution in [2.75, 3.05) is 5.75 Å². The fourth-order valence-electron chi connectivity index (χ4n) is 0.563. The molecule has 62 valence electrons. The summed E-state index contributed by atoms with van der Waals surface area (Å²) < 4.78 is 22.0. The molecule has 0 aliphatic carbocycles. The standard InChI is InChI=1S/C6H14O3S/c1-4-10(8,9)6(3)5(2)7/h5-7H,4H2,1-3H3/t5-,6+/m0/s1. The summed E-state index contributed by atoms with van der Waals surface area (Å²) in [5.74, 6) is 0.0963. The Kier molecular flexibility index (Phi) is 3.31. The topological polar surface area (TPSA) is 54.4 Å². The van der Waals surface area contributed by atoms with E-state index in [0.717, 1.165) is 0 Å². The first-order valence-corrected chi connectivity index (χ1v) is 5.03. The van der Waals surface area contributed by atoms with Crippen molar-refractivity contribution < 1.29 is 13.5 Å². The van der Waals surface area contributed by atoms with E-state index in [2.05, 4.69) is 0 Å². The molecule has 0 spiro atoms. The number of aliphatic hydroxyl groups excluding tert-OH is 1. The second kappa shape index (κ2) is 3.34. The van der Waals surface area contributed by atoms with E-state index in [1.54, 1.807) is 6.92 Å². The summed E-state index contributed by atoms with van der Waals surface area (Å²) in [6, 6.07) is 0. The van der Waals surface area contributed by atoms with E-state index in [-0.39, 0.29) is 5.75 Å². The Morgan fingerprint density at radius 3 is 1.90 bits per heavy atom. The van der Waals surface area contributed by atoms with Gasteiger partial charge in [0.1, 0.15) is 0 Å². The normalized spacial score (nSPS) is 18.4. The van der Waals surface area contributed by atoms with Crippen LogP contribution in [-0.2, 0) is 9.84 Å². The van der Waals surface area contributed by atoms with Crippen molar-refractivity contribution in [2.24, 2.45) is 0 Å². The Morgan fingerprint density at radius 1 is 1.40 bits per heavy atom. The van der Waals surface area contributed by atoms with Gasteiger partial charge in [-0.3, -0.25) is 0 Å². The molecule has 0 amide bonds. The van der Waals surface area contributed by atoms with Gasteiger partial charge in [-0.25, -0.2) is 8.42 Å². The van der Waals surface area contributed by atoms with Gasteiger partial charge in [-0.15, -0.1) is 0 Å². The summed E-state index contributed by atoms with van der Waals surface area (Å²) >= 11 is 0. The maximum Gasteiger partial charge on any atom is 0.155 e. The Balaban J connectivity index is 4.35. The molecule has 0 aliphatic heterocycles. The molecule has 0 aliphatic rings. The van der Waals surface area contributed by atoms with Gasteiger partial charge < -0.3 is 5.11 Å². The summed E-state index contributed by atoms with van der Waals surface area (Å²) in [4.78, 5) is 0. The summed E-state index contributed by atoms with van der Waals surface area (Å²) in [5.41, 5.74) is 0. The smallest absolute Gasteiger partial charge is 0.155 e. The molecule has 2 atom stereocenters. The average Bonchev–Trinajstić information content (AvgIpc) is 1.86. The molecule has 0 aromatic rings. The molecule has 0 aromatic carbocycles. The van der Waals surface area contributed by atoms with Gasteiger partial charge in [0, 0.05) is 5.75 Å². The molecule has 0 saturated heterocycles. The van der Waals surface area contributed by atoms with Crippen LogP contribution < -0.4 is 0 Å². The van der Waals surface area contributed by atoms with E-state index in [9.17, 15) is 8.42 Å². The van der Waals surface area contributed by atoms with Crippen molar-refractivity contribution in [1.29, 1.82) is 0 Å². The van der Waals surface area contributed by atoms with E-state index in [1.165, 1.54) is 13.8 Å². The lowest BCUT2D eigenvalue weighted by Gasteiger charge is -2.13. The van der Waals surface area contributed by atoms with Crippen LogP contribution in [0.5, 0.6) is 0 Å². The third-order valence-electron chi connectivity index (χ3n) is 1.65. The average molecular weight is 166 g/mol. The molecule has 0 saturated carbocycles. The van der Waals surface area contributed by atoms with Crippen molar-refractivity contribution in [3.05, 3.63) is 0 Å². The number of rotatable bonds is 3. The molecular weight excluding hydrogens is 152 g/mol. The van der Waals surface area contributed by atoms with Gasteiger partial charge in [-0.05, 0) is 13.8 Å². The first-order valence-electron chi connectivity index (χ1n) is 3.31. The van der Waals surface area contributed by atoms with Gasteiger partial charge in [0.2, 0.25) is 0 Å².